The van der Waals surface area contributed by atoms with E-state index in [2.05, 4.69) is 4.98 Å². The fourth-order valence-electron chi connectivity index (χ4n) is 3.23. The normalized spacial score (nSPS) is 11.4. The molecule has 2 aromatic carbocycles. The molecule has 0 aliphatic heterocycles. The van der Waals surface area contributed by atoms with Crippen LogP contribution in [-0.4, -0.2) is 71.4 Å². The molecule has 0 unspecified atom stereocenters. The van der Waals surface area contributed by atoms with E-state index >= 15 is 0 Å². The van der Waals surface area contributed by atoms with Gasteiger partial charge in [-0.25, -0.2) is 17.8 Å². The van der Waals surface area contributed by atoms with Gasteiger partial charge in [0.1, 0.15) is 33.3 Å². The fourth-order valence-corrected chi connectivity index (χ4v) is 5.54. The minimum Gasteiger partial charge on any atom is -0.495 e. The average Bonchev–Trinajstić information content (AvgIpc) is 3.20. The third-order valence-electron chi connectivity index (χ3n) is 4.90. The summed E-state index contributed by atoms with van der Waals surface area (Å²) in [5.41, 5.74) is 0.531. The first-order valence-corrected chi connectivity index (χ1v) is 12.6. The Bertz CT molecular complexity index is 1190. The molecule has 0 spiro atoms. The molecule has 1 heterocycles. The van der Waals surface area contributed by atoms with Gasteiger partial charge in [-0.15, -0.1) is 12.4 Å². The number of fused-ring (bicyclic) bond motifs is 1. The molecule has 0 saturated heterocycles. The summed E-state index contributed by atoms with van der Waals surface area (Å²) in [5, 5.41) is 0.353. The van der Waals surface area contributed by atoms with Crippen LogP contribution in [0.5, 0.6) is 11.5 Å². The lowest BCUT2D eigenvalue weighted by Gasteiger charge is -2.21. The number of sulfone groups is 1. The highest BCUT2D eigenvalue weighted by Gasteiger charge is 2.27. The summed E-state index contributed by atoms with van der Waals surface area (Å²) in [6.45, 7) is 0.979. The van der Waals surface area contributed by atoms with Crippen LogP contribution in [0.15, 0.2) is 41.3 Å². The highest BCUT2D eigenvalue weighted by Crippen LogP contribution is 2.40. The maximum Gasteiger partial charge on any atom is 0.244 e. The fraction of sp³-hybridized carbons (Fsp3) is 0.364. The second-order valence-corrected chi connectivity index (χ2v) is 10.5. The van der Waals surface area contributed by atoms with Crippen LogP contribution in [0.4, 0.5) is 9.52 Å². The lowest BCUT2D eigenvalue weighted by molar-refractivity contribution is -0.116. The molecular weight excluding hydrogens is 505 g/mol. The smallest absolute Gasteiger partial charge is 0.244 e. The van der Waals surface area contributed by atoms with Crippen LogP contribution in [-0.2, 0) is 14.6 Å². The van der Waals surface area contributed by atoms with Crippen molar-refractivity contribution in [1.82, 2.24) is 9.88 Å². The van der Waals surface area contributed by atoms with E-state index in [-0.39, 0.29) is 23.8 Å². The van der Waals surface area contributed by atoms with E-state index in [4.69, 9.17) is 9.47 Å². The molecule has 8 nitrogen and oxygen atoms in total. The molecule has 0 aliphatic rings. The zero-order valence-corrected chi connectivity index (χ0v) is 21.7. The van der Waals surface area contributed by atoms with Gasteiger partial charge in [-0.2, -0.15) is 0 Å². The number of amides is 1. The zero-order chi connectivity index (χ0) is 24.2. The van der Waals surface area contributed by atoms with Gasteiger partial charge in [0.25, 0.3) is 0 Å². The minimum atomic E-state index is -3.97. The monoisotopic (exact) mass is 531 g/mol. The summed E-state index contributed by atoms with van der Waals surface area (Å²) in [6.07, 6.45) is 0.611. The molecule has 186 valence electrons. The lowest BCUT2D eigenvalue weighted by atomic mass is 10.3. The van der Waals surface area contributed by atoms with Crippen molar-refractivity contribution in [2.24, 2.45) is 0 Å². The largest absolute Gasteiger partial charge is 0.495 e. The first kappa shape index (κ1) is 27.8. The molecule has 0 bridgehead atoms. The van der Waals surface area contributed by atoms with Crippen LogP contribution < -0.4 is 14.4 Å². The van der Waals surface area contributed by atoms with Gasteiger partial charge in [0, 0.05) is 6.54 Å². The maximum absolute atomic E-state index is 13.2. The van der Waals surface area contributed by atoms with Crippen LogP contribution in [0, 0.1) is 5.82 Å². The zero-order valence-electron chi connectivity index (χ0n) is 19.3. The van der Waals surface area contributed by atoms with Crippen LogP contribution >= 0.6 is 23.7 Å². The number of carbonyl (C=O) groups is 1. The summed E-state index contributed by atoms with van der Waals surface area (Å²) in [7, 11) is 2.92. The van der Waals surface area contributed by atoms with E-state index in [1.807, 2.05) is 19.0 Å². The summed E-state index contributed by atoms with van der Waals surface area (Å²) in [5.74, 6) is -0.828. The van der Waals surface area contributed by atoms with Gasteiger partial charge in [-0.1, -0.05) is 11.3 Å². The lowest BCUT2D eigenvalue weighted by Crippen LogP contribution is -2.37. The Morgan fingerprint density at radius 1 is 1.03 bits per heavy atom. The highest BCUT2D eigenvalue weighted by atomic mass is 35.5. The molecule has 3 aromatic rings. The summed E-state index contributed by atoms with van der Waals surface area (Å²) >= 11 is 1.23. The number of ether oxygens (including phenoxy) is 2. The van der Waals surface area contributed by atoms with E-state index < -0.39 is 27.3 Å². The van der Waals surface area contributed by atoms with Gasteiger partial charge in [0.15, 0.2) is 15.0 Å². The van der Waals surface area contributed by atoms with Crippen molar-refractivity contribution in [3.8, 4) is 11.5 Å². The van der Waals surface area contributed by atoms with Gasteiger partial charge in [-0.3, -0.25) is 9.69 Å². The Kier molecular flexibility index (Phi) is 9.63. The number of hydrogen-bond donors (Lipinski definition) is 0. The number of anilines is 1. The Hall–Kier alpha value is -2.47. The van der Waals surface area contributed by atoms with E-state index in [1.165, 1.54) is 30.5 Å². The molecule has 12 heteroatoms. The SMILES string of the molecule is COc1ccc(OC)c2sc(N(CCCN(C)C)C(=O)CS(=O)(=O)c3ccc(F)cc3)nc12.Cl. The molecule has 0 atom stereocenters. The van der Waals surface area contributed by atoms with E-state index in [0.717, 1.165) is 24.3 Å². The van der Waals surface area contributed by atoms with Crippen LogP contribution in [0.2, 0.25) is 0 Å². The van der Waals surface area contributed by atoms with Crippen LogP contribution in [0.3, 0.4) is 0 Å². The quantitative estimate of drug-likeness (QED) is 0.369. The summed E-state index contributed by atoms with van der Waals surface area (Å²) < 4.78 is 50.3. The molecule has 0 aliphatic carbocycles. The van der Waals surface area contributed by atoms with Crippen molar-refractivity contribution in [2.75, 3.05) is 52.1 Å². The minimum absolute atomic E-state index is 0. The summed E-state index contributed by atoms with van der Waals surface area (Å²) in [4.78, 5) is 21.1. The molecule has 0 saturated carbocycles. The van der Waals surface area contributed by atoms with Crippen molar-refractivity contribution in [3.05, 3.63) is 42.2 Å². The molecular formula is C22H27ClFN3O5S2. The van der Waals surface area contributed by atoms with Gasteiger partial charge < -0.3 is 14.4 Å². The predicted octanol–water partition coefficient (Wildman–Crippen LogP) is 3.63. The first-order chi connectivity index (χ1) is 15.7. The van der Waals surface area contributed by atoms with Crippen molar-refractivity contribution >= 4 is 54.8 Å². The maximum atomic E-state index is 13.2. The van der Waals surface area contributed by atoms with Crippen molar-refractivity contribution < 1.29 is 27.1 Å². The van der Waals surface area contributed by atoms with Crippen molar-refractivity contribution in [2.45, 2.75) is 11.3 Å². The first-order valence-electron chi connectivity index (χ1n) is 10.1. The van der Waals surface area contributed by atoms with E-state index in [1.54, 1.807) is 12.1 Å². The van der Waals surface area contributed by atoms with Crippen molar-refractivity contribution in [1.29, 1.82) is 0 Å². The molecule has 3 rings (SSSR count). The van der Waals surface area contributed by atoms with Crippen LogP contribution in [0.1, 0.15) is 6.42 Å². The van der Waals surface area contributed by atoms with Gasteiger partial charge in [0.2, 0.25) is 5.91 Å². The Labute approximate surface area is 208 Å². The number of rotatable bonds is 10. The second-order valence-electron chi connectivity index (χ2n) is 7.56. The number of hydrogen-bond acceptors (Lipinski definition) is 8. The Morgan fingerprint density at radius 2 is 1.65 bits per heavy atom. The highest BCUT2D eigenvalue weighted by molar-refractivity contribution is 7.92. The van der Waals surface area contributed by atoms with E-state index in [0.29, 0.717) is 39.8 Å². The molecule has 34 heavy (non-hydrogen) atoms. The molecule has 1 aromatic heterocycles. The molecule has 0 fully saturated rings. The molecule has 0 radical (unpaired) electrons. The number of nitrogens with zero attached hydrogens (tertiary/aromatic N) is 3. The number of carbonyl (C=O) groups excluding carboxylic acids is 1. The number of methoxy groups -OCH3 is 2. The topological polar surface area (TPSA) is 89.0 Å². The molecule has 1 amide bonds. The average molecular weight is 532 g/mol. The van der Waals surface area contributed by atoms with Gasteiger partial charge >= 0.3 is 0 Å². The third kappa shape index (κ3) is 6.35. The van der Waals surface area contributed by atoms with Gasteiger partial charge in [0.05, 0.1) is 19.1 Å². The Morgan fingerprint density at radius 3 is 2.24 bits per heavy atom. The Balaban J connectivity index is 0.00000408. The predicted molar refractivity (Wildman–Crippen MR) is 134 cm³/mol. The second kappa shape index (κ2) is 11.8. The van der Waals surface area contributed by atoms with E-state index in [9.17, 15) is 17.6 Å². The summed E-state index contributed by atoms with van der Waals surface area (Å²) in [6, 6.07) is 7.89. The molecule has 0 N–H and O–H groups in total. The van der Waals surface area contributed by atoms with Gasteiger partial charge in [-0.05, 0) is 63.5 Å². The number of halogens is 2. The number of thiazole rings is 1. The van der Waals surface area contributed by atoms with Crippen LogP contribution in [0.25, 0.3) is 10.2 Å². The number of benzene rings is 2. The number of aromatic nitrogens is 1. The van der Waals surface area contributed by atoms with Crippen molar-refractivity contribution in [3.63, 3.8) is 0 Å². The standard InChI is InChI=1S/C22H26FN3O5S2.ClH/c1-25(2)12-5-13-26(19(27)14-33(28,29)16-8-6-15(23)7-9-16)22-24-20-17(30-3)10-11-18(31-4)21(20)32-22;/h6-11H,5,12-14H2,1-4H3;1H. The third-order valence-corrected chi connectivity index (χ3v) is 7.61.